The zero-order valence-electron chi connectivity index (χ0n) is 9.50. The molecule has 0 bridgehead atoms. The monoisotopic (exact) mass is 217 g/mol. The molecule has 16 heavy (non-hydrogen) atoms. The summed E-state index contributed by atoms with van der Waals surface area (Å²) < 4.78 is 7.05. The van der Waals surface area contributed by atoms with E-state index in [9.17, 15) is 0 Å². The van der Waals surface area contributed by atoms with Gasteiger partial charge in [-0.05, 0) is 32.1 Å². The van der Waals surface area contributed by atoms with Gasteiger partial charge in [0, 0.05) is 0 Å². The van der Waals surface area contributed by atoms with Gasteiger partial charge in [0.2, 0.25) is 0 Å². The smallest absolute Gasteiger partial charge is 0.113 e. The Bertz CT molecular complexity index is 490. The Morgan fingerprint density at radius 1 is 1.44 bits per heavy atom. The predicted octanol–water partition coefficient (Wildman–Crippen LogP) is 2.54. The summed E-state index contributed by atoms with van der Waals surface area (Å²) in [5.41, 5.74) is 1.95. The fraction of sp³-hybridized carbons (Fsp3) is 0.333. The summed E-state index contributed by atoms with van der Waals surface area (Å²) in [6, 6.07) is 8.06. The third-order valence-corrected chi connectivity index (χ3v) is 2.38. The summed E-state index contributed by atoms with van der Waals surface area (Å²) in [6.45, 7) is 4.69. The number of ether oxygens (including phenoxy) is 1. The third kappa shape index (κ3) is 2.05. The first-order chi connectivity index (χ1) is 7.83. The molecule has 2 rings (SSSR count). The van der Waals surface area contributed by atoms with Crippen molar-refractivity contribution in [1.29, 1.82) is 0 Å². The minimum Gasteiger partial charge on any atom is -0.502 e. The SMILES string of the molecule is CCO/C=C/C(C)n1nnc2ccccc21. The quantitative estimate of drug-likeness (QED) is 0.739. The molecule has 0 fully saturated rings. The molecule has 0 radical (unpaired) electrons. The van der Waals surface area contributed by atoms with E-state index in [2.05, 4.69) is 17.2 Å². The van der Waals surface area contributed by atoms with Gasteiger partial charge in [-0.15, -0.1) is 5.10 Å². The van der Waals surface area contributed by atoms with E-state index in [0.29, 0.717) is 6.61 Å². The maximum absolute atomic E-state index is 5.17. The van der Waals surface area contributed by atoms with Crippen LogP contribution in [0.25, 0.3) is 11.0 Å². The second-order valence-electron chi connectivity index (χ2n) is 3.55. The average molecular weight is 217 g/mol. The van der Waals surface area contributed by atoms with Crippen molar-refractivity contribution >= 4 is 11.0 Å². The van der Waals surface area contributed by atoms with Crippen molar-refractivity contribution in [2.45, 2.75) is 19.9 Å². The van der Waals surface area contributed by atoms with Gasteiger partial charge in [-0.2, -0.15) is 0 Å². The lowest BCUT2D eigenvalue weighted by atomic mass is 10.3. The molecular weight excluding hydrogens is 202 g/mol. The maximum Gasteiger partial charge on any atom is 0.113 e. The van der Waals surface area contributed by atoms with Crippen LogP contribution in [0.3, 0.4) is 0 Å². The van der Waals surface area contributed by atoms with Crippen LogP contribution in [-0.4, -0.2) is 21.6 Å². The Labute approximate surface area is 94.5 Å². The normalized spacial score (nSPS) is 13.4. The van der Waals surface area contributed by atoms with Crippen LogP contribution in [0, 0.1) is 0 Å². The van der Waals surface area contributed by atoms with E-state index in [1.165, 1.54) is 0 Å². The van der Waals surface area contributed by atoms with Crippen molar-refractivity contribution in [2.75, 3.05) is 6.61 Å². The molecule has 0 aliphatic heterocycles. The molecule has 4 heteroatoms. The third-order valence-electron chi connectivity index (χ3n) is 2.38. The van der Waals surface area contributed by atoms with Gasteiger partial charge < -0.3 is 4.74 Å². The standard InChI is InChI=1S/C12H15N3O/c1-3-16-9-8-10(2)15-12-7-5-4-6-11(12)13-14-15/h4-10H,3H2,1-2H3/b9-8+. The molecule has 1 aromatic heterocycles. The largest absolute Gasteiger partial charge is 0.502 e. The van der Waals surface area contributed by atoms with Crippen LogP contribution in [-0.2, 0) is 4.74 Å². The van der Waals surface area contributed by atoms with Gasteiger partial charge in [-0.25, -0.2) is 4.68 Å². The molecule has 0 aliphatic carbocycles. The number of nitrogens with zero attached hydrogens (tertiary/aromatic N) is 3. The highest BCUT2D eigenvalue weighted by Gasteiger charge is 2.07. The van der Waals surface area contributed by atoms with Crippen molar-refractivity contribution in [3.05, 3.63) is 36.6 Å². The van der Waals surface area contributed by atoms with E-state index in [0.717, 1.165) is 11.0 Å². The summed E-state index contributed by atoms with van der Waals surface area (Å²) in [5, 5.41) is 8.24. The molecule has 0 spiro atoms. The highest BCUT2D eigenvalue weighted by Crippen LogP contribution is 2.15. The summed E-state index contributed by atoms with van der Waals surface area (Å²) in [5.74, 6) is 0. The first-order valence-electron chi connectivity index (χ1n) is 5.41. The van der Waals surface area contributed by atoms with Gasteiger partial charge in [0.25, 0.3) is 0 Å². The van der Waals surface area contributed by atoms with Crippen LogP contribution in [0.4, 0.5) is 0 Å². The van der Waals surface area contributed by atoms with Crippen LogP contribution in [0.1, 0.15) is 19.9 Å². The Hall–Kier alpha value is -1.84. The molecule has 0 aliphatic rings. The number of hydrogen-bond donors (Lipinski definition) is 0. The van der Waals surface area contributed by atoms with Crippen LogP contribution in [0.5, 0.6) is 0 Å². The molecule has 1 heterocycles. The van der Waals surface area contributed by atoms with Crippen molar-refractivity contribution in [1.82, 2.24) is 15.0 Å². The second kappa shape index (κ2) is 4.79. The first-order valence-corrected chi connectivity index (χ1v) is 5.41. The predicted molar refractivity (Wildman–Crippen MR) is 63.0 cm³/mol. The van der Waals surface area contributed by atoms with E-state index >= 15 is 0 Å². The van der Waals surface area contributed by atoms with E-state index in [4.69, 9.17) is 4.74 Å². The number of hydrogen-bond acceptors (Lipinski definition) is 3. The van der Waals surface area contributed by atoms with Crippen LogP contribution in [0.15, 0.2) is 36.6 Å². The first kappa shape index (κ1) is 10.7. The summed E-state index contributed by atoms with van der Waals surface area (Å²) in [6.07, 6.45) is 3.67. The van der Waals surface area contributed by atoms with Gasteiger partial charge in [0.1, 0.15) is 5.52 Å². The van der Waals surface area contributed by atoms with Crippen molar-refractivity contribution in [3.63, 3.8) is 0 Å². The number of para-hydroxylation sites is 1. The molecule has 2 aromatic rings. The van der Waals surface area contributed by atoms with Crippen molar-refractivity contribution in [2.24, 2.45) is 0 Å². The van der Waals surface area contributed by atoms with Gasteiger partial charge in [-0.3, -0.25) is 0 Å². The molecule has 1 unspecified atom stereocenters. The Morgan fingerprint density at radius 2 is 2.25 bits per heavy atom. The molecule has 0 saturated carbocycles. The number of rotatable bonds is 4. The molecule has 0 amide bonds. The minimum atomic E-state index is 0.138. The molecule has 84 valence electrons. The fourth-order valence-electron chi connectivity index (χ4n) is 1.53. The van der Waals surface area contributed by atoms with Crippen LogP contribution < -0.4 is 0 Å². The topological polar surface area (TPSA) is 39.9 Å². The molecule has 1 atom stereocenters. The maximum atomic E-state index is 5.17. The van der Waals surface area contributed by atoms with Crippen molar-refractivity contribution < 1.29 is 4.74 Å². The Balaban J connectivity index is 2.26. The molecule has 4 nitrogen and oxygen atoms in total. The van der Waals surface area contributed by atoms with Gasteiger partial charge in [0.15, 0.2) is 0 Å². The number of aromatic nitrogens is 3. The van der Waals surface area contributed by atoms with E-state index < -0.39 is 0 Å². The van der Waals surface area contributed by atoms with Gasteiger partial charge >= 0.3 is 0 Å². The number of benzene rings is 1. The Morgan fingerprint density at radius 3 is 3.06 bits per heavy atom. The summed E-state index contributed by atoms with van der Waals surface area (Å²) >= 11 is 0. The minimum absolute atomic E-state index is 0.138. The number of fused-ring (bicyclic) bond motifs is 1. The molecule has 0 saturated heterocycles. The second-order valence-corrected chi connectivity index (χ2v) is 3.55. The van der Waals surface area contributed by atoms with Gasteiger partial charge in [0.05, 0.1) is 24.4 Å². The summed E-state index contributed by atoms with van der Waals surface area (Å²) in [7, 11) is 0. The zero-order chi connectivity index (χ0) is 11.4. The van der Waals surface area contributed by atoms with Crippen molar-refractivity contribution in [3.8, 4) is 0 Å². The molecule has 1 aromatic carbocycles. The summed E-state index contributed by atoms with van der Waals surface area (Å²) in [4.78, 5) is 0. The van der Waals surface area contributed by atoms with E-state index in [-0.39, 0.29) is 6.04 Å². The average Bonchev–Trinajstić information content (AvgIpc) is 2.73. The lowest BCUT2D eigenvalue weighted by molar-refractivity contribution is 0.266. The van der Waals surface area contributed by atoms with Gasteiger partial charge in [-0.1, -0.05) is 17.3 Å². The Kier molecular flexibility index (Phi) is 3.19. The highest BCUT2D eigenvalue weighted by atomic mass is 16.5. The van der Waals surface area contributed by atoms with Crippen LogP contribution in [0.2, 0.25) is 0 Å². The van der Waals surface area contributed by atoms with Crippen LogP contribution >= 0.6 is 0 Å². The van der Waals surface area contributed by atoms with E-state index in [1.807, 2.05) is 41.9 Å². The molecular formula is C12H15N3O. The lowest BCUT2D eigenvalue weighted by Crippen LogP contribution is -2.04. The lowest BCUT2D eigenvalue weighted by Gasteiger charge is -2.06. The molecule has 0 N–H and O–H groups in total. The zero-order valence-corrected chi connectivity index (χ0v) is 9.50. The van der Waals surface area contributed by atoms with E-state index in [1.54, 1.807) is 6.26 Å². The fourth-order valence-corrected chi connectivity index (χ4v) is 1.53. The number of allylic oxidation sites excluding steroid dienone is 1. The highest BCUT2D eigenvalue weighted by molar-refractivity contribution is 5.74.